The van der Waals surface area contributed by atoms with Crippen molar-refractivity contribution < 1.29 is 0 Å². The summed E-state index contributed by atoms with van der Waals surface area (Å²) in [6.07, 6.45) is 6.17. The minimum atomic E-state index is 0.568. The summed E-state index contributed by atoms with van der Waals surface area (Å²) in [7, 11) is 0. The summed E-state index contributed by atoms with van der Waals surface area (Å²) in [4.78, 5) is 7.27. The molecule has 1 atom stereocenters. The summed E-state index contributed by atoms with van der Waals surface area (Å²) in [5.74, 6) is 0. The van der Waals surface area contributed by atoms with Gasteiger partial charge in [-0.25, -0.2) is 4.98 Å². The van der Waals surface area contributed by atoms with Crippen LogP contribution >= 0.6 is 11.8 Å². The SMILES string of the molecule is CCCCNCC(C)Sc1ncc[nH]1. The normalized spacial score (nSPS) is 13.0. The van der Waals surface area contributed by atoms with Gasteiger partial charge in [-0.2, -0.15) is 0 Å². The molecule has 1 unspecified atom stereocenters. The number of hydrogen-bond acceptors (Lipinski definition) is 3. The summed E-state index contributed by atoms with van der Waals surface area (Å²) >= 11 is 1.78. The number of rotatable bonds is 7. The van der Waals surface area contributed by atoms with Crippen molar-refractivity contribution >= 4 is 11.8 Å². The van der Waals surface area contributed by atoms with E-state index in [1.54, 1.807) is 18.0 Å². The van der Waals surface area contributed by atoms with Crippen LogP contribution in [-0.2, 0) is 0 Å². The van der Waals surface area contributed by atoms with Gasteiger partial charge in [0.15, 0.2) is 5.16 Å². The van der Waals surface area contributed by atoms with Crippen molar-refractivity contribution in [3.63, 3.8) is 0 Å². The van der Waals surface area contributed by atoms with Crippen LogP contribution in [0.3, 0.4) is 0 Å². The summed E-state index contributed by atoms with van der Waals surface area (Å²) in [5, 5.41) is 5.01. The second-order valence-corrected chi connectivity index (χ2v) is 4.81. The van der Waals surface area contributed by atoms with Gasteiger partial charge in [0.05, 0.1) is 0 Å². The molecule has 1 rings (SSSR count). The Morgan fingerprint density at radius 2 is 2.50 bits per heavy atom. The van der Waals surface area contributed by atoms with Gasteiger partial charge >= 0.3 is 0 Å². The fourth-order valence-corrected chi connectivity index (χ4v) is 1.99. The number of hydrogen-bond donors (Lipinski definition) is 2. The van der Waals surface area contributed by atoms with Gasteiger partial charge in [0.2, 0.25) is 0 Å². The van der Waals surface area contributed by atoms with E-state index in [2.05, 4.69) is 29.1 Å². The Balaban J connectivity index is 2.07. The van der Waals surface area contributed by atoms with Gasteiger partial charge in [0.25, 0.3) is 0 Å². The predicted octanol–water partition coefficient (Wildman–Crippen LogP) is 2.28. The monoisotopic (exact) mass is 213 g/mol. The van der Waals surface area contributed by atoms with Crippen molar-refractivity contribution in [2.45, 2.75) is 37.1 Å². The zero-order valence-corrected chi connectivity index (χ0v) is 9.73. The van der Waals surface area contributed by atoms with Crippen LogP contribution in [0.5, 0.6) is 0 Å². The highest BCUT2D eigenvalue weighted by Gasteiger charge is 2.04. The van der Waals surface area contributed by atoms with Crippen molar-refractivity contribution in [3.05, 3.63) is 12.4 Å². The van der Waals surface area contributed by atoms with Crippen LogP contribution in [0, 0.1) is 0 Å². The standard InChI is InChI=1S/C10H19N3S/c1-3-4-5-11-8-9(2)14-10-12-6-7-13-10/h6-7,9,11H,3-5,8H2,1-2H3,(H,12,13). The van der Waals surface area contributed by atoms with E-state index >= 15 is 0 Å². The van der Waals surface area contributed by atoms with Crippen LogP contribution in [0.25, 0.3) is 0 Å². The van der Waals surface area contributed by atoms with E-state index in [0.717, 1.165) is 18.2 Å². The number of unbranched alkanes of at least 4 members (excludes halogenated alkanes) is 1. The minimum absolute atomic E-state index is 0.568. The van der Waals surface area contributed by atoms with E-state index in [-0.39, 0.29) is 0 Å². The summed E-state index contributed by atoms with van der Waals surface area (Å²) in [6.45, 7) is 6.60. The molecular formula is C10H19N3S. The minimum Gasteiger partial charge on any atom is -0.340 e. The Labute approximate surface area is 90.1 Å². The number of imidazole rings is 1. The average molecular weight is 213 g/mol. The van der Waals surface area contributed by atoms with Gasteiger partial charge in [-0.3, -0.25) is 0 Å². The van der Waals surface area contributed by atoms with E-state index in [4.69, 9.17) is 0 Å². The maximum atomic E-state index is 4.18. The van der Waals surface area contributed by atoms with Gasteiger partial charge in [0, 0.05) is 24.2 Å². The van der Waals surface area contributed by atoms with Gasteiger partial charge < -0.3 is 10.3 Å². The number of H-pyrrole nitrogens is 1. The second-order valence-electron chi connectivity index (χ2n) is 3.38. The van der Waals surface area contributed by atoms with Crippen molar-refractivity contribution in [2.24, 2.45) is 0 Å². The quantitative estimate of drug-likeness (QED) is 0.539. The Kier molecular flexibility index (Phi) is 5.71. The Hall–Kier alpha value is -0.480. The molecule has 0 amide bonds. The smallest absolute Gasteiger partial charge is 0.165 e. The molecule has 14 heavy (non-hydrogen) atoms. The summed E-state index contributed by atoms with van der Waals surface area (Å²) in [6, 6.07) is 0. The molecule has 4 heteroatoms. The number of nitrogens with zero attached hydrogens (tertiary/aromatic N) is 1. The van der Waals surface area contributed by atoms with Crippen LogP contribution in [-0.4, -0.2) is 28.3 Å². The van der Waals surface area contributed by atoms with Crippen molar-refractivity contribution in [1.29, 1.82) is 0 Å². The summed E-state index contributed by atoms with van der Waals surface area (Å²) < 4.78 is 0. The highest BCUT2D eigenvalue weighted by atomic mass is 32.2. The fraction of sp³-hybridized carbons (Fsp3) is 0.700. The molecule has 80 valence electrons. The number of aromatic nitrogens is 2. The van der Waals surface area contributed by atoms with Gasteiger partial charge in [-0.1, -0.05) is 32.0 Å². The predicted molar refractivity (Wildman–Crippen MR) is 61.7 cm³/mol. The first kappa shape index (κ1) is 11.6. The molecular weight excluding hydrogens is 194 g/mol. The molecule has 0 fully saturated rings. The molecule has 0 aromatic carbocycles. The number of nitrogens with one attached hydrogen (secondary N) is 2. The van der Waals surface area contributed by atoms with E-state index in [9.17, 15) is 0 Å². The lowest BCUT2D eigenvalue weighted by molar-refractivity contribution is 0.638. The first-order valence-corrected chi connectivity index (χ1v) is 6.07. The third-order valence-electron chi connectivity index (χ3n) is 1.92. The molecule has 0 radical (unpaired) electrons. The first-order chi connectivity index (χ1) is 6.83. The molecule has 3 nitrogen and oxygen atoms in total. The fourth-order valence-electron chi connectivity index (χ4n) is 1.15. The van der Waals surface area contributed by atoms with Crippen LogP contribution in [0.4, 0.5) is 0 Å². The topological polar surface area (TPSA) is 40.7 Å². The Morgan fingerprint density at radius 1 is 1.64 bits per heavy atom. The van der Waals surface area contributed by atoms with E-state index in [1.165, 1.54) is 12.8 Å². The summed E-state index contributed by atoms with van der Waals surface area (Å²) in [5.41, 5.74) is 0. The maximum absolute atomic E-state index is 4.18. The van der Waals surface area contributed by atoms with Crippen LogP contribution < -0.4 is 5.32 Å². The highest BCUT2D eigenvalue weighted by molar-refractivity contribution is 7.99. The molecule has 0 spiro atoms. The lowest BCUT2D eigenvalue weighted by atomic mass is 10.3. The molecule has 0 aliphatic carbocycles. The lowest BCUT2D eigenvalue weighted by Gasteiger charge is -2.10. The molecule has 0 saturated heterocycles. The molecule has 0 aliphatic rings. The third kappa shape index (κ3) is 4.67. The average Bonchev–Trinajstić information content (AvgIpc) is 2.65. The highest BCUT2D eigenvalue weighted by Crippen LogP contribution is 2.17. The van der Waals surface area contributed by atoms with Crippen LogP contribution in [0.15, 0.2) is 17.6 Å². The van der Waals surface area contributed by atoms with Crippen LogP contribution in [0.1, 0.15) is 26.7 Å². The van der Waals surface area contributed by atoms with Gasteiger partial charge in [0.1, 0.15) is 0 Å². The Morgan fingerprint density at radius 3 is 3.14 bits per heavy atom. The maximum Gasteiger partial charge on any atom is 0.165 e. The van der Waals surface area contributed by atoms with Crippen molar-refractivity contribution in [3.8, 4) is 0 Å². The molecule has 0 bridgehead atoms. The van der Waals surface area contributed by atoms with Gasteiger partial charge in [-0.15, -0.1) is 0 Å². The first-order valence-electron chi connectivity index (χ1n) is 5.19. The Bertz CT molecular complexity index is 223. The largest absolute Gasteiger partial charge is 0.340 e. The van der Waals surface area contributed by atoms with Gasteiger partial charge in [-0.05, 0) is 13.0 Å². The van der Waals surface area contributed by atoms with Crippen molar-refractivity contribution in [1.82, 2.24) is 15.3 Å². The molecule has 2 N–H and O–H groups in total. The van der Waals surface area contributed by atoms with Crippen molar-refractivity contribution in [2.75, 3.05) is 13.1 Å². The molecule has 1 aromatic heterocycles. The van der Waals surface area contributed by atoms with Crippen LogP contribution in [0.2, 0.25) is 0 Å². The molecule has 0 aliphatic heterocycles. The number of thioether (sulfide) groups is 1. The van der Waals surface area contributed by atoms with E-state index in [1.807, 2.05) is 6.20 Å². The van der Waals surface area contributed by atoms with E-state index in [0.29, 0.717) is 5.25 Å². The third-order valence-corrected chi connectivity index (χ3v) is 2.94. The van der Waals surface area contributed by atoms with E-state index < -0.39 is 0 Å². The molecule has 1 heterocycles. The zero-order chi connectivity index (χ0) is 10.2. The molecule has 0 saturated carbocycles. The zero-order valence-electron chi connectivity index (χ0n) is 8.92. The number of aromatic amines is 1. The molecule has 1 aromatic rings. The second kappa shape index (κ2) is 6.90. The lowest BCUT2D eigenvalue weighted by Crippen LogP contribution is -2.23.